The SMILES string of the molecule is C#CCCCC(CCC1CCCCO1)NN. The van der Waals surface area contributed by atoms with E-state index >= 15 is 0 Å². The molecule has 0 aromatic carbocycles. The van der Waals surface area contributed by atoms with Crippen molar-refractivity contribution in [1.29, 1.82) is 0 Å². The second kappa shape index (κ2) is 8.58. The first-order valence-electron chi connectivity index (χ1n) is 6.38. The summed E-state index contributed by atoms with van der Waals surface area (Å²) in [6.45, 7) is 0.933. The fourth-order valence-electron chi connectivity index (χ4n) is 2.18. The van der Waals surface area contributed by atoms with Gasteiger partial charge in [0.25, 0.3) is 0 Å². The van der Waals surface area contributed by atoms with Crippen molar-refractivity contribution in [1.82, 2.24) is 5.43 Å². The van der Waals surface area contributed by atoms with Crippen LogP contribution in [-0.2, 0) is 4.74 Å². The zero-order valence-electron chi connectivity index (χ0n) is 10.1. The average molecular weight is 224 g/mol. The van der Waals surface area contributed by atoms with Gasteiger partial charge in [-0.3, -0.25) is 11.3 Å². The monoisotopic (exact) mass is 224 g/mol. The average Bonchev–Trinajstić information content (AvgIpc) is 2.35. The Balaban J connectivity index is 2.09. The highest BCUT2D eigenvalue weighted by Crippen LogP contribution is 2.18. The largest absolute Gasteiger partial charge is 0.378 e. The zero-order valence-corrected chi connectivity index (χ0v) is 10.1. The van der Waals surface area contributed by atoms with Gasteiger partial charge in [-0.25, -0.2) is 0 Å². The molecule has 1 rings (SSSR count). The molecule has 3 nitrogen and oxygen atoms in total. The Hall–Kier alpha value is -0.560. The lowest BCUT2D eigenvalue weighted by molar-refractivity contribution is 0.00842. The van der Waals surface area contributed by atoms with Crippen LogP contribution in [0.4, 0.5) is 0 Å². The molecule has 0 aromatic heterocycles. The molecule has 0 amide bonds. The minimum absolute atomic E-state index is 0.388. The third kappa shape index (κ3) is 5.50. The van der Waals surface area contributed by atoms with Gasteiger partial charge in [0.05, 0.1) is 6.10 Å². The van der Waals surface area contributed by atoms with Crippen LogP contribution in [0.3, 0.4) is 0 Å². The number of unbranched alkanes of at least 4 members (excludes halogenated alkanes) is 1. The number of terminal acetylenes is 1. The first kappa shape index (κ1) is 13.5. The van der Waals surface area contributed by atoms with Gasteiger partial charge in [0.2, 0.25) is 0 Å². The highest BCUT2D eigenvalue weighted by atomic mass is 16.5. The summed E-state index contributed by atoms with van der Waals surface area (Å²) >= 11 is 0. The quantitative estimate of drug-likeness (QED) is 0.301. The molecule has 1 saturated heterocycles. The highest BCUT2D eigenvalue weighted by Gasteiger charge is 2.15. The molecule has 1 aliphatic heterocycles. The molecule has 0 aromatic rings. The first-order valence-corrected chi connectivity index (χ1v) is 6.38. The summed E-state index contributed by atoms with van der Waals surface area (Å²) < 4.78 is 5.70. The van der Waals surface area contributed by atoms with E-state index in [4.69, 9.17) is 17.0 Å². The van der Waals surface area contributed by atoms with Crippen molar-refractivity contribution >= 4 is 0 Å². The van der Waals surface area contributed by atoms with E-state index in [0.29, 0.717) is 12.1 Å². The predicted molar refractivity (Wildman–Crippen MR) is 66.6 cm³/mol. The van der Waals surface area contributed by atoms with Crippen molar-refractivity contribution in [3.8, 4) is 12.3 Å². The molecule has 1 heterocycles. The molecule has 3 heteroatoms. The van der Waals surface area contributed by atoms with E-state index in [9.17, 15) is 0 Å². The van der Waals surface area contributed by atoms with Crippen molar-refractivity contribution < 1.29 is 4.74 Å². The lowest BCUT2D eigenvalue weighted by Gasteiger charge is -2.24. The number of ether oxygens (including phenoxy) is 1. The fourth-order valence-corrected chi connectivity index (χ4v) is 2.18. The van der Waals surface area contributed by atoms with Crippen LogP contribution in [-0.4, -0.2) is 18.8 Å². The van der Waals surface area contributed by atoms with Crippen LogP contribution in [0.1, 0.15) is 51.4 Å². The topological polar surface area (TPSA) is 47.3 Å². The van der Waals surface area contributed by atoms with Gasteiger partial charge in [0.15, 0.2) is 0 Å². The van der Waals surface area contributed by atoms with E-state index in [1.54, 1.807) is 0 Å². The van der Waals surface area contributed by atoms with Crippen LogP contribution in [0, 0.1) is 12.3 Å². The Bertz CT molecular complexity index is 206. The summed E-state index contributed by atoms with van der Waals surface area (Å²) in [5.74, 6) is 8.19. The van der Waals surface area contributed by atoms with Gasteiger partial charge in [0.1, 0.15) is 0 Å². The second-order valence-corrected chi connectivity index (χ2v) is 4.53. The molecule has 0 radical (unpaired) electrons. The summed E-state index contributed by atoms with van der Waals surface area (Å²) in [4.78, 5) is 0. The normalized spacial score (nSPS) is 22.6. The van der Waals surface area contributed by atoms with Crippen molar-refractivity contribution in [2.24, 2.45) is 5.84 Å². The summed E-state index contributed by atoms with van der Waals surface area (Å²) in [5.41, 5.74) is 2.88. The Morgan fingerprint density at radius 3 is 2.94 bits per heavy atom. The van der Waals surface area contributed by atoms with E-state index in [-0.39, 0.29) is 0 Å². The predicted octanol–water partition coefficient (Wildman–Crippen LogP) is 1.97. The molecule has 92 valence electrons. The highest BCUT2D eigenvalue weighted by molar-refractivity contribution is 4.83. The maximum Gasteiger partial charge on any atom is 0.0575 e. The van der Waals surface area contributed by atoms with Gasteiger partial charge in [-0.05, 0) is 44.9 Å². The number of rotatable bonds is 7. The molecule has 0 bridgehead atoms. The van der Waals surface area contributed by atoms with E-state index in [0.717, 1.165) is 38.7 Å². The molecular formula is C13H24N2O. The van der Waals surface area contributed by atoms with Crippen molar-refractivity contribution in [3.05, 3.63) is 0 Å². The molecule has 3 N–H and O–H groups in total. The molecule has 2 unspecified atom stereocenters. The fraction of sp³-hybridized carbons (Fsp3) is 0.846. The van der Waals surface area contributed by atoms with Gasteiger partial charge in [-0.1, -0.05) is 0 Å². The number of nitrogens with two attached hydrogens (primary N) is 1. The smallest absolute Gasteiger partial charge is 0.0575 e. The van der Waals surface area contributed by atoms with Gasteiger partial charge in [-0.15, -0.1) is 12.3 Å². The standard InChI is InChI=1S/C13H24N2O/c1-2-3-4-7-12(15-14)9-10-13-8-5-6-11-16-13/h1,12-13,15H,3-11,14H2. The van der Waals surface area contributed by atoms with Crippen LogP contribution in [0.2, 0.25) is 0 Å². The first-order chi connectivity index (χ1) is 7.86. The zero-order chi connectivity index (χ0) is 11.6. The summed E-state index contributed by atoms with van der Waals surface area (Å²) in [6.07, 6.45) is 14.6. The van der Waals surface area contributed by atoms with Crippen LogP contribution in [0.5, 0.6) is 0 Å². The Labute approximate surface area is 99.1 Å². The number of nitrogens with one attached hydrogen (secondary N) is 1. The van der Waals surface area contributed by atoms with Crippen LogP contribution in [0.15, 0.2) is 0 Å². The Morgan fingerprint density at radius 1 is 1.44 bits per heavy atom. The number of hydrogen-bond acceptors (Lipinski definition) is 3. The maximum absolute atomic E-state index is 5.70. The summed E-state index contributed by atoms with van der Waals surface area (Å²) in [7, 11) is 0. The van der Waals surface area contributed by atoms with Gasteiger partial charge in [-0.2, -0.15) is 0 Å². The van der Waals surface area contributed by atoms with E-state index < -0.39 is 0 Å². The van der Waals surface area contributed by atoms with Crippen LogP contribution >= 0.6 is 0 Å². The molecule has 1 fully saturated rings. The summed E-state index contributed by atoms with van der Waals surface area (Å²) in [5, 5.41) is 0. The van der Waals surface area contributed by atoms with Gasteiger partial charge in [0, 0.05) is 19.1 Å². The molecule has 0 saturated carbocycles. The maximum atomic E-state index is 5.70. The number of hydrogen-bond donors (Lipinski definition) is 2. The minimum atomic E-state index is 0.388. The minimum Gasteiger partial charge on any atom is -0.378 e. The Morgan fingerprint density at radius 2 is 2.31 bits per heavy atom. The molecule has 16 heavy (non-hydrogen) atoms. The van der Waals surface area contributed by atoms with Crippen molar-refractivity contribution in [2.75, 3.05) is 6.61 Å². The molecule has 2 atom stereocenters. The van der Waals surface area contributed by atoms with Crippen molar-refractivity contribution in [3.63, 3.8) is 0 Å². The van der Waals surface area contributed by atoms with Crippen molar-refractivity contribution in [2.45, 2.75) is 63.5 Å². The van der Waals surface area contributed by atoms with E-state index in [1.165, 1.54) is 19.3 Å². The van der Waals surface area contributed by atoms with Gasteiger partial charge < -0.3 is 4.74 Å². The third-order valence-corrected chi connectivity index (χ3v) is 3.22. The Kier molecular flexibility index (Phi) is 7.24. The molecule has 0 spiro atoms. The second-order valence-electron chi connectivity index (χ2n) is 4.53. The molecular weight excluding hydrogens is 200 g/mol. The lowest BCUT2D eigenvalue weighted by Crippen LogP contribution is -2.36. The van der Waals surface area contributed by atoms with E-state index in [2.05, 4.69) is 11.3 Å². The molecule has 1 aliphatic rings. The number of hydrazine groups is 1. The molecule has 0 aliphatic carbocycles. The van der Waals surface area contributed by atoms with Crippen LogP contribution < -0.4 is 11.3 Å². The third-order valence-electron chi connectivity index (χ3n) is 3.22. The van der Waals surface area contributed by atoms with Gasteiger partial charge >= 0.3 is 0 Å². The lowest BCUT2D eigenvalue weighted by atomic mass is 9.99. The van der Waals surface area contributed by atoms with E-state index in [1.807, 2.05) is 0 Å². The van der Waals surface area contributed by atoms with Crippen LogP contribution in [0.25, 0.3) is 0 Å². The summed E-state index contributed by atoms with van der Waals surface area (Å²) in [6, 6.07) is 0.388.